The predicted octanol–water partition coefficient (Wildman–Crippen LogP) is 3.39. The van der Waals surface area contributed by atoms with E-state index in [1.165, 1.54) is 12.8 Å². The topological polar surface area (TPSA) is 58.6 Å². The molecule has 0 unspecified atom stereocenters. The smallest absolute Gasteiger partial charge is 0.254 e. The SMILES string of the molecule is COc1cccc(C(=O)N2C[C@H](c3ccccc3C)[C@H](C(=O)NCC3CC3)C2)c1. The molecule has 1 aliphatic heterocycles. The van der Waals surface area contributed by atoms with Crippen LogP contribution in [0.5, 0.6) is 5.75 Å². The van der Waals surface area contributed by atoms with Gasteiger partial charge >= 0.3 is 0 Å². The number of nitrogens with zero attached hydrogens (tertiary/aromatic N) is 1. The molecule has 152 valence electrons. The molecule has 0 radical (unpaired) electrons. The Labute approximate surface area is 172 Å². The van der Waals surface area contributed by atoms with Crippen LogP contribution in [-0.4, -0.2) is 43.5 Å². The van der Waals surface area contributed by atoms with Gasteiger partial charge in [-0.15, -0.1) is 0 Å². The second-order valence-corrected chi connectivity index (χ2v) is 8.20. The van der Waals surface area contributed by atoms with Crippen LogP contribution in [0.1, 0.15) is 40.2 Å². The van der Waals surface area contributed by atoms with Crippen LogP contribution < -0.4 is 10.1 Å². The Morgan fingerprint density at radius 2 is 1.90 bits per heavy atom. The van der Waals surface area contributed by atoms with Gasteiger partial charge in [0.2, 0.25) is 5.91 Å². The second kappa shape index (κ2) is 8.27. The molecule has 5 heteroatoms. The normalized spacial score (nSPS) is 21.1. The zero-order valence-corrected chi connectivity index (χ0v) is 17.1. The lowest BCUT2D eigenvalue weighted by atomic mass is 9.86. The van der Waals surface area contributed by atoms with E-state index in [1.807, 2.05) is 29.2 Å². The molecule has 1 heterocycles. The van der Waals surface area contributed by atoms with Crippen molar-refractivity contribution in [3.63, 3.8) is 0 Å². The minimum absolute atomic E-state index is 0.00459. The van der Waals surface area contributed by atoms with Crippen molar-refractivity contribution in [2.75, 3.05) is 26.7 Å². The molecule has 0 bridgehead atoms. The highest BCUT2D eigenvalue weighted by molar-refractivity contribution is 5.95. The summed E-state index contributed by atoms with van der Waals surface area (Å²) in [5.41, 5.74) is 2.90. The first-order valence-corrected chi connectivity index (χ1v) is 10.3. The monoisotopic (exact) mass is 392 g/mol. The summed E-state index contributed by atoms with van der Waals surface area (Å²) in [5, 5.41) is 3.13. The van der Waals surface area contributed by atoms with Crippen molar-refractivity contribution in [1.29, 1.82) is 0 Å². The molecule has 1 aliphatic carbocycles. The number of methoxy groups -OCH3 is 1. The van der Waals surface area contributed by atoms with Gasteiger partial charge in [0.1, 0.15) is 5.75 Å². The van der Waals surface area contributed by atoms with Gasteiger partial charge in [-0.3, -0.25) is 9.59 Å². The minimum atomic E-state index is -0.232. The van der Waals surface area contributed by atoms with Crippen molar-refractivity contribution >= 4 is 11.8 Å². The molecule has 0 aromatic heterocycles. The third-order valence-electron chi connectivity index (χ3n) is 6.11. The number of amides is 2. The van der Waals surface area contributed by atoms with Gasteiger partial charge in [0.05, 0.1) is 13.0 Å². The Morgan fingerprint density at radius 3 is 2.62 bits per heavy atom. The number of hydrogen-bond donors (Lipinski definition) is 1. The summed E-state index contributed by atoms with van der Waals surface area (Å²) in [6.07, 6.45) is 2.40. The number of likely N-dealkylation sites (tertiary alicyclic amines) is 1. The molecule has 2 fully saturated rings. The van der Waals surface area contributed by atoms with Crippen LogP contribution in [0.2, 0.25) is 0 Å². The number of benzene rings is 2. The first kappa shape index (κ1) is 19.5. The Bertz CT molecular complexity index is 907. The van der Waals surface area contributed by atoms with Crippen molar-refractivity contribution < 1.29 is 14.3 Å². The summed E-state index contributed by atoms with van der Waals surface area (Å²) < 4.78 is 5.26. The van der Waals surface area contributed by atoms with E-state index in [9.17, 15) is 9.59 Å². The Morgan fingerprint density at radius 1 is 1.10 bits per heavy atom. The fraction of sp³-hybridized carbons (Fsp3) is 0.417. The van der Waals surface area contributed by atoms with E-state index in [2.05, 4.69) is 24.4 Å². The zero-order valence-electron chi connectivity index (χ0n) is 17.1. The predicted molar refractivity (Wildman–Crippen MR) is 112 cm³/mol. The molecule has 2 aromatic carbocycles. The van der Waals surface area contributed by atoms with E-state index in [-0.39, 0.29) is 23.7 Å². The van der Waals surface area contributed by atoms with Gasteiger partial charge in [-0.2, -0.15) is 0 Å². The first-order chi connectivity index (χ1) is 14.1. The Hall–Kier alpha value is -2.82. The van der Waals surface area contributed by atoms with Gasteiger partial charge in [-0.1, -0.05) is 30.3 Å². The molecule has 29 heavy (non-hydrogen) atoms. The fourth-order valence-electron chi connectivity index (χ4n) is 4.19. The number of nitrogens with one attached hydrogen (secondary N) is 1. The molecule has 2 aromatic rings. The molecule has 4 rings (SSSR count). The lowest BCUT2D eigenvalue weighted by Crippen LogP contribution is -2.36. The maximum absolute atomic E-state index is 13.2. The summed E-state index contributed by atoms with van der Waals surface area (Å²) in [7, 11) is 1.59. The van der Waals surface area contributed by atoms with Crippen LogP contribution >= 0.6 is 0 Å². The number of ether oxygens (including phenoxy) is 1. The summed E-state index contributed by atoms with van der Waals surface area (Å²) in [6, 6.07) is 15.4. The van der Waals surface area contributed by atoms with Gasteiger partial charge in [-0.25, -0.2) is 0 Å². The standard InChI is InChI=1S/C24H28N2O3/c1-16-6-3-4-9-20(16)21-14-26(15-22(21)23(27)25-13-17-10-11-17)24(28)18-7-5-8-19(12-18)29-2/h3-9,12,17,21-22H,10-11,13-15H2,1-2H3,(H,25,27)/t21-,22-/m1/s1. The highest BCUT2D eigenvalue weighted by Gasteiger charge is 2.41. The van der Waals surface area contributed by atoms with Crippen LogP contribution in [-0.2, 0) is 4.79 Å². The molecular formula is C24H28N2O3. The molecule has 1 N–H and O–H groups in total. The third-order valence-corrected chi connectivity index (χ3v) is 6.11. The summed E-state index contributed by atoms with van der Waals surface area (Å²) in [4.78, 5) is 28.0. The maximum atomic E-state index is 13.2. The van der Waals surface area contributed by atoms with Crippen LogP contribution in [0.4, 0.5) is 0 Å². The molecule has 2 aliphatic rings. The van der Waals surface area contributed by atoms with Crippen molar-refractivity contribution in [2.45, 2.75) is 25.7 Å². The van der Waals surface area contributed by atoms with Gasteiger partial charge in [0.15, 0.2) is 0 Å². The molecule has 2 atom stereocenters. The quantitative estimate of drug-likeness (QED) is 0.820. The Kier molecular flexibility index (Phi) is 5.56. The summed E-state index contributed by atoms with van der Waals surface area (Å²) in [6.45, 7) is 3.80. The van der Waals surface area contributed by atoms with Crippen molar-refractivity contribution in [3.8, 4) is 5.75 Å². The molecule has 1 saturated carbocycles. The minimum Gasteiger partial charge on any atom is -0.497 e. The largest absolute Gasteiger partial charge is 0.497 e. The number of hydrogen-bond acceptors (Lipinski definition) is 3. The number of aryl methyl sites for hydroxylation is 1. The molecule has 5 nitrogen and oxygen atoms in total. The second-order valence-electron chi connectivity index (χ2n) is 8.20. The van der Waals surface area contributed by atoms with Gasteiger partial charge in [-0.05, 0) is 55.0 Å². The average Bonchev–Trinajstić information content (AvgIpc) is 3.48. The van der Waals surface area contributed by atoms with Crippen molar-refractivity contribution in [3.05, 3.63) is 65.2 Å². The maximum Gasteiger partial charge on any atom is 0.254 e. The fourth-order valence-corrected chi connectivity index (χ4v) is 4.19. The highest BCUT2D eigenvalue weighted by atomic mass is 16.5. The molecule has 2 amide bonds. The van der Waals surface area contributed by atoms with Crippen LogP contribution in [0, 0.1) is 18.8 Å². The summed E-state index contributed by atoms with van der Waals surface area (Å²) in [5.74, 6) is 1.07. The summed E-state index contributed by atoms with van der Waals surface area (Å²) >= 11 is 0. The van der Waals surface area contributed by atoms with Gasteiger partial charge < -0.3 is 15.0 Å². The van der Waals surface area contributed by atoms with Crippen LogP contribution in [0.3, 0.4) is 0 Å². The van der Waals surface area contributed by atoms with Gasteiger partial charge in [0, 0.05) is 31.1 Å². The lowest BCUT2D eigenvalue weighted by molar-refractivity contribution is -0.125. The molecule has 0 spiro atoms. The van der Waals surface area contributed by atoms with Gasteiger partial charge in [0.25, 0.3) is 5.91 Å². The zero-order chi connectivity index (χ0) is 20.4. The van der Waals surface area contributed by atoms with Crippen molar-refractivity contribution in [1.82, 2.24) is 10.2 Å². The van der Waals surface area contributed by atoms with E-state index in [0.29, 0.717) is 30.3 Å². The van der Waals surface area contributed by atoms with E-state index < -0.39 is 0 Å². The molecular weight excluding hydrogens is 364 g/mol. The third kappa shape index (κ3) is 4.29. The van der Waals surface area contributed by atoms with E-state index >= 15 is 0 Å². The molecule has 1 saturated heterocycles. The average molecular weight is 392 g/mol. The van der Waals surface area contributed by atoms with Crippen molar-refractivity contribution in [2.24, 2.45) is 11.8 Å². The number of carbonyl (C=O) groups excluding carboxylic acids is 2. The van der Waals surface area contributed by atoms with Crippen LogP contribution in [0.25, 0.3) is 0 Å². The van der Waals surface area contributed by atoms with E-state index in [0.717, 1.165) is 17.7 Å². The number of rotatable bonds is 6. The lowest BCUT2D eigenvalue weighted by Gasteiger charge is -2.20. The van der Waals surface area contributed by atoms with E-state index in [1.54, 1.807) is 19.2 Å². The number of carbonyl (C=O) groups is 2. The highest BCUT2D eigenvalue weighted by Crippen LogP contribution is 2.36. The first-order valence-electron chi connectivity index (χ1n) is 10.3. The Balaban J connectivity index is 1.57. The van der Waals surface area contributed by atoms with E-state index in [4.69, 9.17) is 4.74 Å². The van der Waals surface area contributed by atoms with Crippen LogP contribution in [0.15, 0.2) is 48.5 Å².